The van der Waals surface area contributed by atoms with Crippen LogP contribution in [-0.2, 0) is 9.53 Å². The van der Waals surface area contributed by atoms with Gasteiger partial charge in [-0.1, -0.05) is 31.3 Å². The van der Waals surface area contributed by atoms with Gasteiger partial charge in [0.15, 0.2) is 5.60 Å². The van der Waals surface area contributed by atoms with Gasteiger partial charge in [0.1, 0.15) is 6.10 Å². The van der Waals surface area contributed by atoms with E-state index in [0.717, 1.165) is 10.4 Å². The zero-order chi connectivity index (χ0) is 15.5. The smallest absolute Gasteiger partial charge is 0.341 e. The minimum absolute atomic E-state index is 0.0494. The monoisotopic (exact) mass is 312 g/mol. The van der Waals surface area contributed by atoms with Gasteiger partial charge >= 0.3 is 5.97 Å². The summed E-state index contributed by atoms with van der Waals surface area (Å²) in [6, 6.07) is 0. The van der Waals surface area contributed by atoms with E-state index in [1.807, 2.05) is 6.92 Å². The summed E-state index contributed by atoms with van der Waals surface area (Å²) < 4.78 is 5.39. The number of rotatable bonds is 1. The minimum atomic E-state index is -2.04. The lowest BCUT2D eigenvalue weighted by Gasteiger charge is -2.31. The maximum atomic E-state index is 12.0. The van der Waals surface area contributed by atoms with Crippen LogP contribution in [-0.4, -0.2) is 50.6 Å². The summed E-state index contributed by atoms with van der Waals surface area (Å²) in [6.07, 6.45) is -0.608. The second kappa shape index (κ2) is 4.84. The van der Waals surface area contributed by atoms with Gasteiger partial charge in [-0.25, -0.2) is 4.79 Å². The maximum Gasteiger partial charge on any atom is 0.341 e. The third kappa shape index (κ3) is 1.93. The van der Waals surface area contributed by atoms with Gasteiger partial charge in [0, 0.05) is 5.92 Å². The van der Waals surface area contributed by atoms with Gasteiger partial charge < -0.3 is 20.1 Å². The molecule has 0 radical (unpaired) electrons. The third-order valence-corrected chi connectivity index (χ3v) is 6.04. The van der Waals surface area contributed by atoms with E-state index < -0.39 is 36.3 Å². The Bertz CT molecular complexity index is 518. The number of aliphatic hydroxyl groups excluding tert-OH is 2. The molecule has 0 aromatic rings. The fraction of sp³-hybridized carbons (Fsp3) is 0.733. The minimum Gasteiger partial charge on any atom is -0.459 e. The maximum absolute atomic E-state index is 12.0. The molecule has 1 heterocycles. The van der Waals surface area contributed by atoms with Crippen LogP contribution >= 0.6 is 12.2 Å². The summed E-state index contributed by atoms with van der Waals surface area (Å²) in [4.78, 5) is 12.9. The molecular weight excluding hydrogens is 292 g/mol. The summed E-state index contributed by atoms with van der Waals surface area (Å²) in [5, 5.41) is 30.4. The molecule has 0 aromatic carbocycles. The Morgan fingerprint density at radius 3 is 2.76 bits per heavy atom. The highest BCUT2D eigenvalue weighted by molar-refractivity contribution is 7.80. The summed E-state index contributed by atoms with van der Waals surface area (Å²) in [6.45, 7) is 5.28. The first-order valence-electron chi connectivity index (χ1n) is 7.24. The van der Waals surface area contributed by atoms with E-state index in [-0.39, 0.29) is 24.2 Å². The second-order valence-electron chi connectivity index (χ2n) is 6.55. The van der Waals surface area contributed by atoms with Crippen LogP contribution in [0.1, 0.15) is 19.8 Å². The number of hydrogen-bond donors (Lipinski definition) is 3. The Labute approximate surface area is 128 Å². The predicted octanol–water partition coefficient (Wildman–Crippen LogP) is 0.214. The van der Waals surface area contributed by atoms with Crippen molar-refractivity contribution >= 4 is 23.1 Å². The lowest BCUT2D eigenvalue weighted by molar-refractivity contribution is -0.161. The van der Waals surface area contributed by atoms with Crippen molar-refractivity contribution in [2.75, 3.05) is 6.61 Å². The Kier molecular flexibility index (Phi) is 3.48. The van der Waals surface area contributed by atoms with Gasteiger partial charge in [-0.3, -0.25) is 0 Å². The lowest BCUT2D eigenvalue weighted by atomic mass is 9.75. The summed E-state index contributed by atoms with van der Waals surface area (Å²) in [5.41, 5.74) is -1.16. The topological polar surface area (TPSA) is 87.0 Å². The Hall–Kier alpha value is -0.820. The van der Waals surface area contributed by atoms with Gasteiger partial charge in [0.25, 0.3) is 0 Å². The van der Waals surface area contributed by atoms with Gasteiger partial charge in [0.05, 0.1) is 18.6 Å². The average molecular weight is 312 g/mol. The van der Waals surface area contributed by atoms with E-state index in [9.17, 15) is 20.1 Å². The van der Waals surface area contributed by atoms with Crippen LogP contribution in [0, 0.1) is 23.7 Å². The molecular formula is C15H20O5S. The molecule has 5 nitrogen and oxygen atoms in total. The fourth-order valence-electron chi connectivity index (χ4n) is 4.31. The first kappa shape index (κ1) is 15.1. The highest BCUT2D eigenvalue weighted by atomic mass is 32.1. The molecule has 3 aliphatic rings. The number of thiocarbonyl (C=S) groups is 1. The molecule has 7 atom stereocenters. The van der Waals surface area contributed by atoms with Gasteiger partial charge in [-0.15, -0.1) is 0 Å². The molecule has 0 aromatic heterocycles. The van der Waals surface area contributed by atoms with E-state index in [1.54, 1.807) is 0 Å². The standard InChI is InChI=1S/C15H20O5S/c1-6-3-9(17)12-13(20-14(18)15(12,19)5-16)11-7(2)10(21)4-8(6)11/h7-9,11-13,16-17,19H,1,3-5H2,2H3. The Balaban J connectivity index is 2.07. The van der Waals surface area contributed by atoms with Crippen molar-refractivity contribution in [1.82, 2.24) is 0 Å². The van der Waals surface area contributed by atoms with Crippen molar-refractivity contribution < 1.29 is 24.9 Å². The van der Waals surface area contributed by atoms with Crippen molar-refractivity contribution in [1.29, 1.82) is 0 Å². The van der Waals surface area contributed by atoms with E-state index in [1.165, 1.54) is 0 Å². The zero-order valence-corrected chi connectivity index (χ0v) is 12.7. The van der Waals surface area contributed by atoms with Gasteiger partial charge in [0.2, 0.25) is 0 Å². The quantitative estimate of drug-likeness (QED) is 0.365. The Morgan fingerprint density at radius 2 is 2.14 bits per heavy atom. The van der Waals surface area contributed by atoms with Crippen LogP contribution in [0.2, 0.25) is 0 Å². The normalized spacial score (nSPS) is 49.6. The first-order valence-corrected chi connectivity index (χ1v) is 7.65. The summed E-state index contributed by atoms with van der Waals surface area (Å²) >= 11 is 5.40. The Morgan fingerprint density at radius 1 is 1.48 bits per heavy atom. The fourth-order valence-corrected chi connectivity index (χ4v) is 4.65. The van der Waals surface area contributed by atoms with Crippen molar-refractivity contribution in [2.45, 2.75) is 37.6 Å². The molecule has 1 aliphatic heterocycles. The van der Waals surface area contributed by atoms with Crippen molar-refractivity contribution in [2.24, 2.45) is 23.7 Å². The van der Waals surface area contributed by atoms with E-state index in [0.29, 0.717) is 6.42 Å². The number of ether oxygens (including phenoxy) is 1. The van der Waals surface area contributed by atoms with Crippen LogP contribution in [0.15, 0.2) is 12.2 Å². The highest BCUT2D eigenvalue weighted by Crippen LogP contribution is 2.52. The molecule has 3 N–H and O–H groups in total. The average Bonchev–Trinajstić information content (AvgIpc) is 2.82. The number of esters is 1. The van der Waals surface area contributed by atoms with Crippen LogP contribution in [0.5, 0.6) is 0 Å². The molecule has 0 spiro atoms. The van der Waals surface area contributed by atoms with Gasteiger partial charge in [-0.05, 0) is 29.5 Å². The summed E-state index contributed by atoms with van der Waals surface area (Å²) in [5.74, 6) is -1.67. The molecule has 2 aliphatic carbocycles. The van der Waals surface area contributed by atoms with E-state index in [2.05, 4.69) is 6.58 Å². The van der Waals surface area contributed by atoms with E-state index >= 15 is 0 Å². The number of fused-ring (bicyclic) bond motifs is 3. The van der Waals surface area contributed by atoms with Crippen LogP contribution in [0.3, 0.4) is 0 Å². The summed E-state index contributed by atoms with van der Waals surface area (Å²) in [7, 11) is 0. The molecule has 3 rings (SSSR count). The zero-order valence-electron chi connectivity index (χ0n) is 11.9. The van der Waals surface area contributed by atoms with Crippen LogP contribution in [0.25, 0.3) is 0 Å². The molecule has 1 saturated heterocycles. The van der Waals surface area contributed by atoms with Crippen LogP contribution in [0.4, 0.5) is 0 Å². The molecule has 116 valence electrons. The highest BCUT2D eigenvalue weighted by Gasteiger charge is 2.64. The SMILES string of the molecule is C=C1CC(O)C2C(OC(=O)C2(O)CO)C2C(C)C(=S)CC12. The number of carbonyl (C=O) groups excluding carboxylic acids is 1. The molecule has 6 heteroatoms. The number of hydrogen-bond acceptors (Lipinski definition) is 6. The molecule has 2 saturated carbocycles. The number of aliphatic hydroxyl groups is 3. The third-order valence-electron chi connectivity index (χ3n) is 5.50. The lowest BCUT2D eigenvalue weighted by Crippen LogP contribution is -2.51. The molecule has 0 amide bonds. The van der Waals surface area contributed by atoms with Crippen LogP contribution < -0.4 is 0 Å². The predicted molar refractivity (Wildman–Crippen MR) is 78.5 cm³/mol. The second-order valence-corrected chi connectivity index (χ2v) is 7.08. The molecule has 0 bridgehead atoms. The number of carbonyl (C=O) groups is 1. The molecule has 7 unspecified atom stereocenters. The molecule has 3 fully saturated rings. The largest absolute Gasteiger partial charge is 0.459 e. The van der Waals surface area contributed by atoms with E-state index in [4.69, 9.17) is 17.0 Å². The van der Waals surface area contributed by atoms with Crippen molar-refractivity contribution in [3.8, 4) is 0 Å². The van der Waals surface area contributed by atoms with Gasteiger partial charge in [-0.2, -0.15) is 0 Å². The van der Waals surface area contributed by atoms with Crippen molar-refractivity contribution in [3.05, 3.63) is 12.2 Å². The van der Waals surface area contributed by atoms with Crippen molar-refractivity contribution in [3.63, 3.8) is 0 Å². The first-order chi connectivity index (χ1) is 9.81. The molecule has 21 heavy (non-hydrogen) atoms.